The number of rotatable bonds is 5. The number of halogens is 1. The first-order valence-corrected chi connectivity index (χ1v) is 11.2. The Hall–Kier alpha value is -2.62. The lowest BCUT2D eigenvalue weighted by atomic mass is 9.98. The summed E-state index contributed by atoms with van der Waals surface area (Å²) in [6.45, 7) is 0.739. The van der Waals surface area contributed by atoms with E-state index >= 15 is 0 Å². The molecule has 2 aromatic carbocycles. The van der Waals surface area contributed by atoms with Crippen LogP contribution in [0.25, 0.3) is 0 Å². The van der Waals surface area contributed by atoms with Gasteiger partial charge in [-0.05, 0) is 60.9 Å². The van der Waals surface area contributed by atoms with E-state index in [2.05, 4.69) is 10.5 Å². The van der Waals surface area contributed by atoms with Gasteiger partial charge in [0.25, 0.3) is 0 Å². The molecule has 0 saturated carbocycles. The van der Waals surface area contributed by atoms with E-state index in [0.717, 1.165) is 5.56 Å². The highest BCUT2D eigenvalue weighted by Crippen LogP contribution is 2.32. The zero-order chi connectivity index (χ0) is 21.1. The van der Waals surface area contributed by atoms with E-state index in [9.17, 15) is 13.2 Å². The number of ether oxygens (including phenoxy) is 2. The summed E-state index contributed by atoms with van der Waals surface area (Å²) in [7, 11) is -3.59. The number of benzene rings is 2. The lowest BCUT2D eigenvalue weighted by Gasteiger charge is -2.30. The summed E-state index contributed by atoms with van der Waals surface area (Å²) in [5, 5.41) is 4.48. The van der Waals surface area contributed by atoms with Crippen LogP contribution in [0.5, 0.6) is 11.5 Å². The zero-order valence-corrected chi connectivity index (χ0v) is 17.5. The van der Waals surface area contributed by atoms with Crippen molar-refractivity contribution in [1.29, 1.82) is 0 Å². The van der Waals surface area contributed by atoms with Gasteiger partial charge in [-0.15, -0.1) is 0 Å². The van der Waals surface area contributed by atoms with Crippen molar-refractivity contribution in [3.05, 3.63) is 53.1 Å². The lowest BCUT2D eigenvalue weighted by molar-refractivity contribution is -0.126. The molecule has 0 aromatic heterocycles. The standard InChI is InChI=1S/C20H20ClN3O5S/c21-16-2-4-17(5-3-16)30(26,27)24-9-7-15(8-10-24)20(25)23-22-12-14-1-6-18-19(11-14)29-13-28-18/h1-6,11-12,15H,7-10,13H2,(H,23,25)/b22-12+. The molecule has 1 N–H and O–H groups in total. The molecule has 0 atom stereocenters. The van der Waals surface area contributed by atoms with Gasteiger partial charge in [-0.1, -0.05) is 11.6 Å². The number of fused-ring (bicyclic) bond motifs is 1. The van der Waals surface area contributed by atoms with E-state index in [0.29, 0.717) is 29.4 Å². The molecule has 4 rings (SSSR count). The van der Waals surface area contributed by atoms with Gasteiger partial charge < -0.3 is 9.47 Å². The van der Waals surface area contributed by atoms with E-state index < -0.39 is 10.0 Å². The summed E-state index contributed by atoms with van der Waals surface area (Å²) in [6.07, 6.45) is 2.39. The van der Waals surface area contributed by atoms with Gasteiger partial charge in [0.15, 0.2) is 11.5 Å². The summed E-state index contributed by atoms with van der Waals surface area (Å²) in [4.78, 5) is 12.6. The number of hydrazone groups is 1. The molecule has 0 spiro atoms. The van der Waals surface area contributed by atoms with E-state index in [1.807, 2.05) is 6.07 Å². The normalized spacial score (nSPS) is 17.4. The number of nitrogens with one attached hydrogen (secondary N) is 1. The molecule has 1 amide bonds. The van der Waals surface area contributed by atoms with Crippen molar-refractivity contribution in [3.8, 4) is 11.5 Å². The minimum atomic E-state index is -3.59. The minimum Gasteiger partial charge on any atom is -0.454 e. The lowest BCUT2D eigenvalue weighted by Crippen LogP contribution is -2.42. The van der Waals surface area contributed by atoms with Crippen molar-refractivity contribution < 1.29 is 22.7 Å². The quantitative estimate of drug-likeness (QED) is 0.559. The topological polar surface area (TPSA) is 97.3 Å². The smallest absolute Gasteiger partial charge is 0.243 e. The van der Waals surface area contributed by atoms with E-state index in [4.69, 9.17) is 21.1 Å². The second-order valence-electron chi connectivity index (χ2n) is 6.98. The Kier molecular flexibility index (Phi) is 5.94. The first-order valence-electron chi connectivity index (χ1n) is 9.42. The van der Waals surface area contributed by atoms with Gasteiger partial charge in [-0.2, -0.15) is 9.41 Å². The van der Waals surface area contributed by atoms with Gasteiger partial charge in [0.05, 0.1) is 11.1 Å². The Morgan fingerprint density at radius 1 is 1.10 bits per heavy atom. The van der Waals surface area contributed by atoms with Gasteiger partial charge in [0.1, 0.15) is 0 Å². The fourth-order valence-electron chi connectivity index (χ4n) is 3.37. The SMILES string of the molecule is O=C(N/N=C/c1ccc2c(c1)OCO2)C1CCN(S(=O)(=O)c2ccc(Cl)cc2)CC1. The number of hydrogen-bond acceptors (Lipinski definition) is 6. The monoisotopic (exact) mass is 449 g/mol. The van der Waals surface area contributed by atoms with Crippen molar-refractivity contribution in [2.45, 2.75) is 17.7 Å². The van der Waals surface area contributed by atoms with Crippen molar-refractivity contribution >= 4 is 33.7 Å². The molecule has 2 aliphatic heterocycles. The largest absolute Gasteiger partial charge is 0.454 e. The fraction of sp³-hybridized carbons (Fsp3) is 0.300. The molecule has 158 valence electrons. The summed E-state index contributed by atoms with van der Waals surface area (Å²) < 4.78 is 37.4. The summed E-state index contributed by atoms with van der Waals surface area (Å²) in [5.74, 6) is 0.794. The average molecular weight is 450 g/mol. The first kappa shape index (κ1) is 20.6. The third-order valence-corrected chi connectivity index (χ3v) is 7.23. The number of hydrogen-bond donors (Lipinski definition) is 1. The number of nitrogens with zero attached hydrogens (tertiary/aromatic N) is 2. The average Bonchev–Trinajstić information content (AvgIpc) is 3.22. The summed E-state index contributed by atoms with van der Waals surface area (Å²) in [5.41, 5.74) is 3.30. The van der Waals surface area contributed by atoms with Crippen LogP contribution < -0.4 is 14.9 Å². The van der Waals surface area contributed by atoms with Crippen LogP contribution in [0.2, 0.25) is 5.02 Å². The van der Waals surface area contributed by atoms with Gasteiger partial charge >= 0.3 is 0 Å². The Balaban J connectivity index is 1.30. The highest BCUT2D eigenvalue weighted by Gasteiger charge is 2.32. The highest BCUT2D eigenvalue weighted by atomic mass is 35.5. The fourth-order valence-corrected chi connectivity index (χ4v) is 4.96. The molecule has 2 heterocycles. The molecule has 0 unspecified atom stereocenters. The third kappa shape index (κ3) is 4.43. The maximum absolute atomic E-state index is 12.7. The second-order valence-corrected chi connectivity index (χ2v) is 9.35. The van der Waals surface area contributed by atoms with Crippen LogP contribution in [0.4, 0.5) is 0 Å². The van der Waals surface area contributed by atoms with Crippen LogP contribution in [-0.4, -0.2) is 44.7 Å². The van der Waals surface area contributed by atoms with Crippen LogP contribution in [0.1, 0.15) is 18.4 Å². The molecule has 0 aliphatic carbocycles. The van der Waals surface area contributed by atoms with Gasteiger partial charge in [0, 0.05) is 24.0 Å². The second kappa shape index (κ2) is 8.63. The summed E-state index contributed by atoms with van der Waals surface area (Å²) in [6, 6.07) is 11.4. The molecule has 1 saturated heterocycles. The molecule has 0 bridgehead atoms. The van der Waals surface area contributed by atoms with Crippen LogP contribution in [-0.2, 0) is 14.8 Å². The Morgan fingerprint density at radius 3 is 2.53 bits per heavy atom. The number of carbonyl (C=O) groups excluding carboxylic acids is 1. The van der Waals surface area contributed by atoms with Crippen molar-refractivity contribution in [1.82, 2.24) is 9.73 Å². The molecule has 1 fully saturated rings. The molecular formula is C20H20ClN3O5S. The predicted molar refractivity (Wildman–Crippen MR) is 111 cm³/mol. The van der Waals surface area contributed by atoms with Gasteiger partial charge in [0.2, 0.25) is 22.7 Å². The van der Waals surface area contributed by atoms with Crippen LogP contribution in [0.15, 0.2) is 52.5 Å². The highest BCUT2D eigenvalue weighted by molar-refractivity contribution is 7.89. The van der Waals surface area contributed by atoms with E-state index in [1.165, 1.54) is 22.7 Å². The number of carbonyl (C=O) groups is 1. The first-order chi connectivity index (χ1) is 14.4. The van der Waals surface area contributed by atoms with Crippen LogP contribution >= 0.6 is 11.6 Å². The molecule has 30 heavy (non-hydrogen) atoms. The molecule has 0 radical (unpaired) electrons. The Morgan fingerprint density at radius 2 is 1.80 bits per heavy atom. The molecule has 2 aliphatic rings. The number of piperidine rings is 1. The van der Waals surface area contributed by atoms with Crippen LogP contribution in [0, 0.1) is 5.92 Å². The Labute approximate surface area is 179 Å². The van der Waals surface area contributed by atoms with Crippen molar-refractivity contribution in [3.63, 3.8) is 0 Å². The zero-order valence-electron chi connectivity index (χ0n) is 16.0. The van der Waals surface area contributed by atoms with E-state index in [1.54, 1.807) is 24.3 Å². The number of sulfonamides is 1. The molecular weight excluding hydrogens is 430 g/mol. The van der Waals surface area contributed by atoms with Crippen LogP contribution in [0.3, 0.4) is 0 Å². The van der Waals surface area contributed by atoms with E-state index in [-0.39, 0.29) is 36.6 Å². The van der Waals surface area contributed by atoms with Crippen molar-refractivity contribution in [2.24, 2.45) is 11.0 Å². The molecule has 10 heteroatoms. The molecule has 8 nitrogen and oxygen atoms in total. The minimum absolute atomic E-state index is 0.194. The predicted octanol–water partition coefficient (Wildman–Crippen LogP) is 2.62. The van der Waals surface area contributed by atoms with Crippen molar-refractivity contribution in [2.75, 3.05) is 19.9 Å². The Bertz CT molecular complexity index is 1060. The summed E-state index contributed by atoms with van der Waals surface area (Å²) >= 11 is 5.83. The molecule has 2 aromatic rings. The maximum Gasteiger partial charge on any atom is 0.243 e. The van der Waals surface area contributed by atoms with Gasteiger partial charge in [-0.25, -0.2) is 13.8 Å². The maximum atomic E-state index is 12.7. The van der Waals surface area contributed by atoms with Gasteiger partial charge in [-0.3, -0.25) is 4.79 Å². The number of amides is 1. The third-order valence-electron chi connectivity index (χ3n) is 5.06.